The monoisotopic (exact) mass is 413 g/mol. The molecule has 7 heteroatoms. The van der Waals surface area contributed by atoms with Gasteiger partial charge in [-0.2, -0.15) is 0 Å². The molecule has 1 fully saturated rings. The topological polar surface area (TPSA) is 39.9 Å². The fraction of sp³-hybridized carbons (Fsp3) is 0.318. The SMILES string of the molecule is O=C(CN(Cc1ccco1)Cc1cccs1)N1CCN(c2ccc(F)cc2)CC1. The molecule has 0 atom stereocenters. The minimum absolute atomic E-state index is 0.131. The Labute approximate surface area is 174 Å². The van der Waals surface area contributed by atoms with Gasteiger partial charge in [-0.05, 0) is 47.8 Å². The molecule has 152 valence electrons. The molecule has 0 unspecified atom stereocenters. The molecule has 3 heterocycles. The van der Waals surface area contributed by atoms with Gasteiger partial charge in [-0.25, -0.2) is 4.39 Å². The van der Waals surface area contributed by atoms with E-state index in [0.717, 1.165) is 31.1 Å². The van der Waals surface area contributed by atoms with Crippen molar-refractivity contribution in [2.45, 2.75) is 13.1 Å². The predicted octanol–water partition coefficient (Wildman–Crippen LogP) is 3.83. The van der Waals surface area contributed by atoms with Crippen LogP contribution in [0.2, 0.25) is 0 Å². The van der Waals surface area contributed by atoms with Crippen LogP contribution in [0.5, 0.6) is 0 Å². The Bertz CT molecular complexity index is 853. The molecule has 1 amide bonds. The predicted molar refractivity (Wildman–Crippen MR) is 112 cm³/mol. The van der Waals surface area contributed by atoms with Gasteiger partial charge in [0.15, 0.2) is 0 Å². The van der Waals surface area contributed by atoms with E-state index >= 15 is 0 Å². The number of anilines is 1. The normalized spacial score (nSPS) is 14.6. The number of piperazine rings is 1. The van der Waals surface area contributed by atoms with Gasteiger partial charge >= 0.3 is 0 Å². The number of carbonyl (C=O) groups is 1. The van der Waals surface area contributed by atoms with E-state index in [1.165, 1.54) is 17.0 Å². The Hall–Kier alpha value is -2.64. The highest BCUT2D eigenvalue weighted by Crippen LogP contribution is 2.18. The summed E-state index contributed by atoms with van der Waals surface area (Å²) in [5.41, 5.74) is 0.996. The van der Waals surface area contributed by atoms with Crippen molar-refractivity contribution in [3.63, 3.8) is 0 Å². The van der Waals surface area contributed by atoms with Crippen LogP contribution in [0, 0.1) is 5.82 Å². The van der Waals surface area contributed by atoms with Crippen LogP contribution in [0.15, 0.2) is 64.6 Å². The van der Waals surface area contributed by atoms with Crippen molar-refractivity contribution in [2.75, 3.05) is 37.6 Å². The summed E-state index contributed by atoms with van der Waals surface area (Å²) in [5.74, 6) is 0.757. The number of amides is 1. The molecule has 4 rings (SSSR count). The van der Waals surface area contributed by atoms with Crippen LogP contribution in [0.1, 0.15) is 10.6 Å². The van der Waals surface area contributed by atoms with E-state index < -0.39 is 0 Å². The Morgan fingerprint density at radius 1 is 1.03 bits per heavy atom. The zero-order valence-corrected chi connectivity index (χ0v) is 17.0. The molecule has 0 spiro atoms. The number of hydrogen-bond donors (Lipinski definition) is 0. The molecule has 0 aliphatic carbocycles. The third kappa shape index (κ3) is 5.25. The molecule has 0 radical (unpaired) electrons. The summed E-state index contributed by atoms with van der Waals surface area (Å²) >= 11 is 1.69. The number of furan rings is 1. The zero-order chi connectivity index (χ0) is 20.1. The first-order valence-corrected chi connectivity index (χ1v) is 10.6. The highest BCUT2D eigenvalue weighted by atomic mass is 32.1. The molecule has 0 saturated carbocycles. The fourth-order valence-electron chi connectivity index (χ4n) is 3.57. The number of thiophene rings is 1. The number of halogens is 1. The molecule has 29 heavy (non-hydrogen) atoms. The Kier molecular flexibility index (Phi) is 6.27. The zero-order valence-electron chi connectivity index (χ0n) is 16.2. The van der Waals surface area contributed by atoms with Crippen molar-refractivity contribution in [1.82, 2.24) is 9.80 Å². The maximum absolute atomic E-state index is 13.1. The van der Waals surface area contributed by atoms with Crippen LogP contribution in [0.3, 0.4) is 0 Å². The summed E-state index contributed by atoms with van der Waals surface area (Å²) in [4.78, 5) is 20.4. The third-order valence-electron chi connectivity index (χ3n) is 5.10. The second-order valence-electron chi connectivity index (χ2n) is 7.15. The minimum Gasteiger partial charge on any atom is -0.468 e. The van der Waals surface area contributed by atoms with Crippen molar-refractivity contribution in [3.05, 3.63) is 76.6 Å². The van der Waals surface area contributed by atoms with Crippen LogP contribution < -0.4 is 4.90 Å². The largest absolute Gasteiger partial charge is 0.468 e. The molecule has 3 aromatic rings. The molecule has 5 nitrogen and oxygen atoms in total. The maximum Gasteiger partial charge on any atom is 0.236 e. The van der Waals surface area contributed by atoms with E-state index in [2.05, 4.69) is 21.2 Å². The van der Waals surface area contributed by atoms with Gasteiger partial charge in [0, 0.05) is 43.3 Å². The lowest BCUT2D eigenvalue weighted by Gasteiger charge is -2.37. The van der Waals surface area contributed by atoms with Crippen molar-refractivity contribution < 1.29 is 13.6 Å². The van der Waals surface area contributed by atoms with E-state index in [1.54, 1.807) is 29.7 Å². The van der Waals surface area contributed by atoms with Crippen LogP contribution >= 0.6 is 11.3 Å². The summed E-state index contributed by atoms with van der Waals surface area (Å²) in [6.07, 6.45) is 1.66. The van der Waals surface area contributed by atoms with E-state index in [1.807, 2.05) is 23.1 Å². The summed E-state index contributed by atoms with van der Waals surface area (Å²) < 4.78 is 18.6. The average molecular weight is 414 g/mol. The highest BCUT2D eigenvalue weighted by molar-refractivity contribution is 7.09. The van der Waals surface area contributed by atoms with Gasteiger partial charge in [0.2, 0.25) is 5.91 Å². The van der Waals surface area contributed by atoms with Crippen LogP contribution in [-0.2, 0) is 17.9 Å². The highest BCUT2D eigenvalue weighted by Gasteiger charge is 2.23. The van der Waals surface area contributed by atoms with Crippen molar-refractivity contribution in [1.29, 1.82) is 0 Å². The van der Waals surface area contributed by atoms with E-state index in [0.29, 0.717) is 26.2 Å². The molecule has 1 aliphatic rings. The van der Waals surface area contributed by atoms with Gasteiger partial charge in [-0.1, -0.05) is 6.07 Å². The Morgan fingerprint density at radius 2 is 1.83 bits per heavy atom. The standard InChI is InChI=1S/C22H24FN3O2S/c23-18-5-7-19(8-6-18)25-9-11-26(12-10-25)22(27)17-24(15-20-3-1-13-28-20)16-21-4-2-14-29-21/h1-8,13-14H,9-12,15-17H2. The molecule has 1 aromatic carbocycles. The quantitative estimate of drug-likeness (QED) is 0.590. The summed E-state index contributed by atoms with van der Waals surface area (Å²) in [5, 5.41) is 2.05. The first-order chi connectivity index (χ1) is 14.2. The van der Waals surface area contributed by atoms with Gasteiger partial charge < -0.3 is 14.2 Å². The van der Waals surface area contributed by atoms with E-state index in [-0.39, 0.29) is 11.7 Å². The molecule has 2 aromatic heterocycles. The Balaban J connectivity index is 1.34. The summed E-state index contributed by atoms with van der Waals surface area (Å²) in [6.45, 7) is 4.52. The van der Waals surface area contributed by atoms with Crippen molar-refractivity contribution in [2.24, 2.45) is 0 Å². The van der Waals surface area contributed by atoms with Crippen molar-refractivity contribution in [3.8, 4) is 0 Å². The van der Waals surface area contributed by atoms with Crippen LogP contribution in [-0.4, -0.2) is 48.4 Å². The molecule has 1 saturated heterocycles. The lowest BCUT2D eigenvalue weighted by atomic mass is 10.2. The summed E-state index contributed by atoms with van der Waals surface area (Å²) in [7, 11) is 0. The first kappa shape index (κ1) is 19.7. The number of benzene rings is 1. The van der Waals surface area contributed by atoms with Gasteiger partial charge in [0.25, 0.3) is 0 Å². The summed E-state index contributed by atoms with van der Waals surface area (Å²) in [6, 6.07) is 14.5. The molecule has 0 bridgehead atoms. The smallest absolute Gasteiger partial charge is 0.236 e. The van der Waals surface area contributed by atoms with Gasteiger partial charge in [-0.15, -0.1) is 11.3 Å². The average Bonchev–Trinajstić information content (AvgIpc) is 3.43. The first-order valence-electron chi connectivity index (χ1n) is 9.73. The molecule has 1 aliphatic heterocycles. The number of hydrogen-bond acceptors (Lipinski definition) is 5. The molecule has 0 N–H and O–H groups in total. The van der Waals surface area contributed by atoms with Gasteiger partial charge in [0.1, 0.15) is 11.6 Å². The maximum atomic E-state index is 13.1. The minimum atomic E-state index is -0.232. The van der Waals surface area contributed by atoms with Crippen LogP contribution in [0.25, 0.3) is 0 Å². The lowest BCUT2D eigenvalue weighted by molar-refractivity contribution is -0.133. The number of nitrogens with zero attached hydrogens (tertiary/aromatic N) is 3. The number of carbonyl (C=O) groups excluding carboxylic acids is 1. The lowest BCUT2D eigenvalue weighted by Crippen LogP contribution is -2.51. The second-order valence-corrected chi connectivity index (χ2v) is 8.18. The molecular weight excluding hydrogens is 389 g/mol. The van der Waals surface area contributed by atoms with Gasteiger partial charge in [-0.3, -0.25) is 9.69 Å². The molecular formula is C22H24FN3O2S. The van der Waals surface area contributed by atoms with E-state index in [9.17, 15) is 9.18 Å². The van der Waals surface area contributed by atoms with E-state index in [4.69, 9.17) is 4.42 Å². The third-order valence-corrected chi connectivity index (χ3v) is 5.96. The number of rotatable bonds is 7. The van der Waals surface area contributed by atoms with Crippen molar-refractivity contribution >= 4 is 22.9 Å². The van der Waals surface area contributed by atoms with Crippen LogP contribution in [0.4, 0.5) is 10.1 Å². The Morgan fingerprint density at radius 3 is 2.48 bits per heavy atom. The van der Waals surface area contributed by atoms with Gasteiger partial charge in [0.05, 0.1) is 19.4 Å². The second kappa shape index (κ2) is 9.24. The fourth-order valence-corrected chi connectivity index (χ4v) is 4.32.